The Bertz CT molecular complexity index is 306. The first-order valence-electron chi connectivity index (χ1n) is 5.00. The van der Waals surface area contributed by atoms with Gasteiger partial charge in [-0.2, -0.15) is 0 Å². The van der Waals surface area contributed by atoms with Gasteiger partial charge in [-0.05, 0) is 39.3 Å². The number of hydrogen-bond acceptors (Lipinski definition) is 3. The molecule has 0 bridgehead atoms. The van der Waals surface area contributed by atoms with E-state index in [1.54, 1.807) is 11.3 Å². The topological polar surface area (TPSA) is 35.2 Å². The third-order valence-corrected chi connectivity index (χ3v) is 3.08. The van der Waals surface area contributed by atoms with Crippen molar-refractivity contribution in [1.29, 1.82) is 0 Å². The van der Waals surface area contributed by atoms with Crippen molar-refractivity contribution in [3.63, 3.8) is 0 Å². The van der Waals surface area contributed by atoms with Crippen LogP contribution in [-0.2, 0) is 11.2 Å². The van der Waals surface area contributed by atoms with Crippen LogP contribution in [0, 0.1) is 0 Å². The lowest BCUT2D eigenvalue weighted by atomic mass is 10.1. The van der Waals surface area contributed by atoms with Crippen molar-refractivity contribution in [3.05, 3.63) is 21.3 Å². The second kappa shape index (κ2) is 5.30. The molecule has 0 aliphatic heterocycles. The molecule has 1 aromatic rings. The summed E-state index contributed by atoms with van der Waals surface area (Å²) in [6, 6.07) is 3.96. The van der Waals surface area contributed by atoms with Crippen LogP contribution in [0.4, 0.5) is 0 Å². The first-order chi connectivity index (χ1) is 6.87. The third kappa shape index (κ3) is 5.52. The van der Waals surface area contributed by atoms with Gasteiger partial charge in [0.2, 0.25) is 0 Å². The summed E-state index contributed by atoms with van der Waals surface area (Å²) >= 11 is 7.42. The third-order valence-electron chi connectivity index (χ3n) is 1.82. The highest BCUT2D eigenvalue weighted by molar-refractivity contribution is 7.16. The fourth-order valence-electron chi connectivity index (χ4n) is 1.14. The van der Waals surface area contributed by atoms with Gasteiger partial charge in [-0.1, -0.05) is 11.6 Å². The molecule has 1 rings (SSSR count). The van der Waals surface area contributed by atoms with Crippen LogP contribution in [-0.4, -0.2) is 18.2 Å². The monoisotopic (exact) mass is 247 g/mol. The van der Waals surface area contributed by atoms with E-state index in [2.05, 4.69) is 0 Å². The first kappa shape index (κ1) is 13.0. The van der Waals surface area contributed by atoms with Gasteiger partial charge in [-0.25, -0.2) is 0 Å². The molecule has 0 radical (unpaired) electrons. The number of nitrogens with two attached hydrogens (primary N) is 1. The van der Waals surface area contributed by atoms with Gasteiger partial charge in [0.1, 0.15) is 0 Å². The molecule has 2 nitrogen and oxygen atoms in total. The van der Waals surface area contributed by atoms with Gasteiger partial charge in [0.15, 0.2) is 0 Å². The summed E-state index contributed by atoms with van der Waals surface area (Å²) in [4.78, 5) is 1.21. The molecule has 1 atom stereocenters. The standard InChI is InChI=1S/C11H18ClNOS/c1-11(2,3)14-7-8(13)6-9-4-5-10(12)15-9/h4-5,8H,6-7,13H2,1-3H3. The van der Waals surface area contributed by atoms with Crippen molar-refractivity contribution in [2.75, 3.05) is 6.61 Å². The smallest absolute Gasteiger partial charge is 0.0931 e. The summed E-state index contributed by atoms with van der Waals surface area (Å²) < 4.78 is 6.43. The van der Waals surface area contributed by atoms with Crippen LogP contribution < -0.4 is 5.73 Å². The number of halogens is 1. The molecule has 4 heteroatoms. The summed E-state index contributed by atoms with van der Waals surface area (Å²) in [5.41, 5.74) is 5.84. The average Bonchev–Trinajstić information content (AvgIpc) is 2.47. The Balaban J connectivity index is 2.33. The van der Waals surface area contributed by atoms with Gasteiger partial charge in [-0.3, -0.25) is 0 Å². The molecule has 0 saturated heterocycles. The van der Waals surface area contributed by atoms with Gasteiger partial charge in [-0.15, -0.1) is 11.3 Å². The van der Waals surface area contributed by atoms with Gasteiger partial charge in [0.25, 0.3) is 0 Å². The van der Waals surface area contributed by atoms with Crippen LogP contribution in [0.5, 0.6) is 0 Å². The highest BCUT2D eigenvalue weighted by atomic mass is 35.5. The molecule has 0 spiro atoms. The van der Waals surface area contributed by atoms with Gasteiger partial charge in [0.05, 0.1) is 16.5 Å². The van der Waals surface area contributed by atoms with Crippen LogP contribution in [0.3, 0.4) is 0 Å². The molecule has 86 valence electrons. The molecule has 0 aliphatic carbocycles. The van der Waals surface area contributed by atoms with Gasteiger partial charge < -0.3 is 10.5 Å². The largest absolute Gasteiger partial charge is 0.374 e. The van der Waals surface area contributed by atoms with Crippen LogP contribution in [0.25, 0.3) is 0 Å². The molecule has 15 heavy (non-hydrogen) atoms. The van der Waals surface area contributed by atoms with Crippen molar-refractivity contribution in [2.45, 2.75) is 38.8 Å². The predicted molar refractivity (Wildman–Crippen MR) is 66.7 cm³/mol. The van der Waals surface area contributed by atoms with Crippen LogP contribution in [0.15, 0.2) is 12.1 Å². The van der Waals surface area contributed by atoms with Crippen LogP contribution in [0.1, 0.15) is 25.6 Å². The van der Waals surface area contributed by atoms with Crippen molar-refractivity contribution in [1.82, 2.24) is 0 Å². The second-order valence-corrected chi connectivity index (χ2v) is 6.39. The van der Waals surface area contributed by atoms with Crippen LogP contribution in [0.2, 0.25) is 4.34 Å². The van der Waals surface area contributed by atoms with Crippen molar-refractivity contribution in [3.8, 4) is 0 Å². The highest BCUT2D eigenvalue weighted by Gasteiger charge is 2.13. The fourth-order valence-corrected chi connectivity index (χ4v) is 2.32. The zero-order valence-corrected chi connectivity index (χ0v) is 11.0. The molecule has 0 aliphatic rings. The Morgan fingerprint density at radius 3 is 2.60 bits per heavy atom. The minimum absolute atomic E-state index is 0.0407. The van der Waals surface area contributed by atoms with E-state index in [0.717, 1.165) is 10.8 Å². The Kier molecular flexibility index (Phi) is 4.59. The number of ether oxygens (including phenoxy) is 1. The summed E-state index contributed by atoms with van der Waals surface area (Å²) in [7, 11) is 0. The van der Waals surface area contributed by atoms with Gasteiger partial charge >= 0.3 is 0 Å². The van der Waals surface area contributed by atoms with E-state index in [0.29, 0.717) is 6.61 Å². The molecule has 0 amide bonds. The van der Waals surface area contributed by atoms with Crippen molar-refractivity contribution in [2.24, 2.45) is 5.73 Å². The maximum absolute atomic E-state index is 5.96. The predicted octanol–water partition coefficient (Wildman–Crippen LogP) is 3.09. The summed E-state index contributed by atoms with van der Waals surface area (Å²) in [6.45, 7) is 6.67. The van der Waals surface area contributed by atoms with E-state index < -0.39 is 0 Å². The first-order valence-corrected chi connectivity index (χ1v) is 6.20. The van der Waals surface area contributed by atoms with E-state index in [9.17, 15) is 0 Å². The number of thiophene rings is 1. The number of hydrogen-bond donors (Lipinski definition) is 1. The van der Waals surface area contributed by atoms with E-state index >= 15 is 0 Å². The van der Waals surface area contributed by atoms with Gasteiger partial charge in [0, 0.05) is 10.9 Å². The molecule has 0 aromatic carbocycles. The lowest BCUT2D eigenvalue weighted by molar-refractivity contribution is -0.00975. The maximum Gasteiger partial charge on any atom is 0.0931 e. The van der Waals surface area contributed by atoms with Crippen molar-refractivity contribution >= 4 is 22.9 Å². The number of rotatable bonds is 4. The Morgan fingerprint density at radius 1 is 1.47 bits per heavy atom. The minimum Gasteiger partial charge on any atom is -0.374 e. The molecule has 1 aromatic heterocycles. The quantitative estimate of drug-likeness (QED) is 0.888. The minimum atomic E-state index is -0.120. The Morgan fingerprint density at radius 2 is 2.13 bits per heavy atom. The highest BCUT2D eigenvalue weighted by Crippen LogP contribution is 2.22. The zero-order chi connectivity index (χ0) is 11.5. The summed E-state index contributed by atoms with van der Waals surface area (Å²) in [5, 5.41) is 0. The van der Waals surface area contributed by atoms with E-state index in [1.165, 1.54) is 4.88 Å². The lowest BCUT2D eigenvalue weighted by Gasteiger charge is -2.22. The zero-order valence-electron chi connectivity index (χ0n) is 9.42. The Hall–Kier alpha value is -0.0900. The van der Waals surface area contributed by atoms with Crippen molar-refractivity contribution < 1.29 is 4.74 Å². The molecular formula is C11H18ClNOS. The average molecular weight is 248 g/mol. The van der Waals surface area contributed by atoms with E-state index in [1.807, 2.05) is 32.9 Å². The Labute approximate surface area is 100 Å². The SMILES string of the molecule is CC(C)(C)OCC(N)Cc1ccc(Cl)s1. The fraction of sp³-hybridized carbons (Fsp3) is 0.636. The molecular weight excluding hydrogens is 230 g/mol. The summed E-state index contributed by atoms with van der Waals surface area (Å²) in [6.07, 6.45) is 0.827. The normalized spacial score (nSPS) is 14.2. The molecule has 1 unspecified atom stereocenters. The summed E-state index contributed by atoms with van der Waals surface area (Å²) in [5.74, 6) is 0. The molecule has 0 fully saturated rings. The van der Waals surface area contributed by atoms with E-state index in [4.69, 9.17) is 22.1 Å². The maximum atomic E-state index is 5.96. The van der Waals surface area contributed by atoms with E-state index in [-0.39, 0.29) is 11.6 Å². The molecule has 2 N–H and O–H groups in total. The molecule has 0 saturated carbocycles. The second-order valence-electron chi connectivity index (χ2n) is 4.59. The molecule has 1 heterocycles. The lowest BCUT2D eigenvalue weighted by Crippen LogP contribution is -2.33. The van der Waals surface area contributed by atoms with Crippen LogP contribution >= 0.6 is 22.9 Å².